The fourth-order valence-corrected chi connectivity index (χ4v) is 1.41. The molecule has 0 aliphatic heterocycles. The largest absolute Gasteiger partial charge is 0.0991 e. The molecule has 90 valence electrons. The maximum atomic E-state index is 3.70. The van der Waals surface area contributed by atoms with Crippen molar-refractivity contribution in [3.05, 3.63) is 97.1 Å². The van der Waals surface area contributed by atoms with Crippen LogP contribution in [0.25, 0.3) is 12.2 Å². The first-order valence-corrected chi connectivity index (χ1v) is 5.89. The van der Waals surface area contributed by atoms with Crippen LogP contribution in [0.15, 0.2) is 86.0 Å². The van der Waals surface area contributed by atoms with Gasteiger partial charge in [0.05, 0.1) is 0 Å². The molecule has 0 radical (unpaired) electrons. The fourth-order valence-electron chi connectivity index (χ4n) is 1.41. The zero-order valence-corrected chi connectivity index (χ0v) is 10.5. The van der Waals surface area contributed by atoms with Gasteiger partial charge in [-0.05, 0) is 11.1 Å². The Bertz CT molecular complexity index is 456. The van der Waals surface area contributed by atoms with Crippen LogP contribution in [0.3, 0.4) is 0 Å². The molecular weight excluding hydrogens is 216 g/mol. The average molecular weight is 234 g/mol. The molecule has 1 rings (SSSR count). The lowest BCUT2D eigenvalue weighted by Crippen LogP contribution is -1.75. The number of hydrogen-bond donors (Lipinski definition) is 0. The number of allylic oxidation sites excluding steroid dienone is 4. The van der Waals surface area contributed by atoms with Crippen molar-refractivity contribution < 1.29 is 0 Å². The van der Waals surface area contributed by atoms with Gasteiger partial charge in [0.25, 0.3) is 0 Å². The minimum atomic E-state index is 1.13. The van der Waals surface area contributed by atoms with Crippen molar-refractivity contribution in [3.63, 3.8) is 0 Å². The zero-order chi connectivity index (χ0) is 13.1. The maximum absolute atomic E-state index is 3.70. The third-order valence-electron chi connectivity index (χ3n) is 2.26. The molecular formula is C18H18. The molecule has 0 aromatic heterocycles. The highest BCUT2D eigenvalue weighted by Gasteiger charge is 1.89. The van der Waals surface area contributed by atoms with E-state index in [1.807, 2.05) is 60.7 Å². The van der Waals surface area contributed by atoms with Gasteiger partial charge in [-0.25, -0.2) is 0 Å². The lowest BCUT2D eigenvalue weighted by atomic mass is 10.1. The predicted molar refractivity (Wildman–Crippen MR) is 82.5 cm³/mol. The van der Waals surface area contributed by atoms with E-state index in [0.29, 0.717) is 0 Å². The van der Waals surface area contributed by atoms with Gasteiger partial charge in [-0.3, -0.25) is 0 Å². The lowest BCUT2D eigenvalue weighted by molar-refractivity contribution is 1.63. The highest BCUT2D eigenvalue weighted by Crippen LogP contribution is 2.10. The molecule has 0 saturated heterocycles. The van der Waals surface area contributed by atoms with Crippen molar-refractivity contribution in [2.75, 3.05) is 0 Å². The van der Waals surface area contributed by atoms with E-state index in [-0.39, 0.29) is 0 Å². The van der Waals surface area contributed by atoms with Crippen LogP contribution in [0.5, 0.6) is 0 Å². The van der Waals surface area contributed by atoms with Gasteiger partial charge in [0, 0.05) is 0 Å². The summed E-state index contributed by atoms with van der Waals surface area (Å²) in [5.41, 5.74) is 2.26. The molecule has 0 bridgehead atoms. The molecule has 0 fully saturated rings. The summed E-state index contributed by atoms with van der Waals surface area (Å²) in [4.78, 5) is 0. The van der Waals surface area contributed by atoms with Crippen molar-refractivity contribution in [1.82, 2.24) is 0 Å². The van der Waals surface area contributed by atoms with E-state index in [1.54, 1.807) is 12.2 Å². The van der Waals surface area contributed by atoms with Crippen LogP contribution in [-0.2, 0) is 0 Å². The molecule has 0 N–H and O–H groups in total. The first-order valence-electron chi connectivity index (χ1n) is 5.89. The summed E-state index contributed by atoms with van der Waals surface area (Å²) in [5.74, 6) is 0. The molecule has 0 aliphatic carbocycles. The first kappa shape index (κ1) is 13.7. The molecule has 0 spiro atoms. The second-order valence-corrected chi connectivity index (χ2v) is 3.59. The second-order valence-electron chi connectivity index (χ2n) is 3.59. The third kappa shape index (κ3) is 5.13. The Morgan fingerprint density at radius 3 is 1.39 bits per heavy atom. The van der Waals surface area contributed by atoms with Crippen molar-refractivity contribution in [3.8, 4) is 0 Å². The highest BCUT2D eigenvalue weighted by atomic mass is 13.9. The molecule has 0 heteroatoms. The first-order chi connectivity index (χ1) is 8.88. The minimum absolute atomic E-state index is 1.13. The van der Waals surface area contributed by atoms with Gasteiger partial charge in [-0.2, -0.15) is 0 Å². The van der Waals surface area contributed by atoms with Crippen LogP contribution < -0.4 is 0 Å². The van der Waals surface area contributed by atoms with Crippen LogP contribution in [0, 0.1) is 0 Å². The van der Waals surface area contributed by atoms with Crippen molar-refractivity contribution in [2.45, 2.75) is 0 Å². The number of hydrogen-bond acceptors (Lipinski definition) is 0. The monoisotopic (exact) mass is 234 g/mol. The topological polar surface area (TPSA) is 0 Å². The summed E-state index contributed by atoms with van der Waals surface area (Å²) < 4.78 is 0. The summed E-state index contributed by atoms with van der Waals surface area (Å²) in [5, 5.41) is 0. The average Bonchev–Trinajstić information content (AvgIpc) is 2.40. The van der Waals surface area contributed by atoms with E-state index in [4.69, 9.17) is 0 Å². The van der Waals surface area contributed by atoms with Crippen LogP contribution >= 0.6 is 0 Å². The molecule has 0 aliphatic rings. The molecule has 0 saturated carbocycles. The molecule has 0 atom stereocenters. The molecule has 1 aromatic carbocycles. The summed E-state index contributed by atoms with van der Waals surface area (Å²) in [6.07, 6.45) is 11.5. The van der Waals surface area contributed by atoms with Gasteiger partial charge in [0.2, 0.25) is 0 Å². The predicted octanol–water partition coefficient (Wildman–Crippen LogP) is 5.21. The maximum Gasteiger partial charge on any atom is -0.0184 e. The second kappa shape index (κ2) is 8.77. The van der Waals surface area contributed by atoms with E-state index >= 15 is 0 Å². The zero-order valence-electron chi connectivity index (χ0n) is 10.5. The van der Waals surface area contributed by atoms with Crippen LogP contribution in [0.2, 0.25) is 0 Å². The van der Waals surface area contributed by atoms with Gasteiger partial charge in [0.15, 0.2) is 0 Å². The Balaban J connectivity index is 3.40. The van der Waals surface area contributed by atoms with Gasteiger partial charge < -0.3 is 0 Å². The Labute approximate surface area is 110 Å². The normalized spacial score (nSPS) is 10.2. The van der Waals surface area contributed by atoms with Gasteiger partial charge in [-0.15, -0.1) is 0 Å². The molecule has 18 heavy (non-hydrogen) atoms. The Hall–Kier alpha value is -2.34. The fraction of sp³-hybridized carbons (Fsp3) is 0. The summed E-state index contributed by atoms with van der Waals surface area (Å²) in [6, 6.07) is 16.2. The van der Waals surface area contributed by atoms with E-state index in [1.165, 1.54) is 0 Å². The van der Waals surface area contributed by atoms with Crippen molar-refractivity contribution in [1.29, 1.82) is 0 Å². The summed E-state index contributed by atoms with van der Waals surface area (Å²) in [7, 11) is 0. The molecule has 0 nitrogen and oxygen atoms in total. The Kier molecular flexibility index (Phi) is 6.69. The Morgan fingerprint density at radius 2 is 1.00 bits per heavy atom. The van der Waals surface area contributed by atoms with E-state index in [2.05, 4.69) is 25.3 Å². The van der Waals surface area contributed by atoms with Crippen LogP contribution in [-0.4, -0.2) is 0 Å². The van der Waals surface area contributed by atoms with E-state index in [9.17, 15) is 0 Å². The van der Waals surface area contributed by atoms with Crippen LogP contribution in [0.4, 0.5) is 0 Å². The van der Waals surface area contributed by atoms with E-state index in [0.717, 1.165) is 11.1 Å². The standard InChI is InChI=1S/C18H18/c1-3-5-13-17-15-11-9-7-8-10-12-16-18(17)14-6-4-2/h3-16H,1-2H2/b8-7?,9-7?,10-8?,11-9?,12-10?,13-5+,14-6+,15-11?,16-12?,17-15?,18-16?,18-17?. The quantitative estimate of drug-likeness (QED) is 0.627. The summed E-state index contributed by atoms with van der Waals surface area (Å²) in [6.45, 7) is 7.39. The molecule has 0 unspecified atom stereocenters. The van der Waals surface area contributed by atoms with Gasteiger partial charge in [-0.1, -0.05) is 98.1 Å². The third-order valence-corrected chi connectivity index (χ3v) is 2.26. The smallest absolute Gasteiger partial charge is 0.0184 e. The van der Waals surface area contributed by atoms with Crippen LogP contribution in [0.1, 0.15) is 11.1 Å². The number of rotatable bonds is 4. The Morgan fingerprint density at radius 1 is 0.611 bits per heavy atom. The van der Waals surface area contributed by atoms with E-state index < -0.39 is 0 Å². The van der Waals surface area contributed by atoms with Crippen molar-refractivity contribution in [2.24, 2.45) is 0 Å². The highest BCUT2D eigenvalue weighted by molar-refractivity contribution is 5.65. The SMILES string of the molecule is C=C/C=C/c1ccccccccc1/C=C/C=C. The minimum Gasteiger partial charge on any atom is -0.0991 e. The summed E-state index contributed by atoms with van der Waals surface area (Å²) >= 11 is 0. The molecule has 0 heterocycles. The van der Waals surface area contributed by atoms with Gasteiger partial charge >= 0.3 is 0 Å². The van der Waals surface area contributed by atoms with Gasteiger partial charge in [0.1, 0.15) is 0 Å². The lowest BCUT2D eigenvalue weighted by Gasteiger charge is -1.96. The molecule has 0 amide bonds. The van der Waals surface area contributed by atoms with Crippen molar-refractivity contribution >= 4 is 12.2 Å². The molecule has 1 aromatic rings.